The predicted molar refractivity (Wildman–Crippen MR) is 127 cm³/mol. The molecule has 0 aromatic heterocycles. The second kappa shape index (κ2) is 8.95. The molecule has 1 heterocycles. The summed E-state index contributed by atoms with van der Waals surface area (Å²) in [4.78, 5) is 23.4. The first-order valence-corrected chi connectivity index (χ1v) is 11.4. The number of carbonyl (C=O) groups excluding carboxylic acids is 1. The van der Waals surface area contributed by atoms with Crippen LogP contribution < -0.4 is 10.5 Å². The number of Topliss-reactive ketones (excluding diaryl/α,β-unsaturated/α-hetero) is 1. The Morgan fingerprint density at radius 3 is 2.59 bits per heavy atom. The van der Waals surface area contributed by atoms with E-state index in [-0.39, 0.29) is 34.9 Å². The van der Waals surface area contributed by atoms with E-state index < -0.39 is 10.8 Å². The van der Waals surface area contributed by atoms with Gasteiger partial charge in [-0.25, -0.2) is 0 Å². The van der Waals surface area contributed by atoms with Crippen LogP contribution in [0.4, 0.5) is 5.69 Å². The lowest BCUT2D eigenvalue weighted by Crippen LogP contribution is -2.33. The normalized spacial score (nSPS) is 19.2. The first-order chi connectivity index (χ1) is 16.1. The first-order valence-electron chi connectivity index (χ1n) is 10.6. The number of ketones is 1. The highest BCUT2D eigenvalue weighted by molar-refractivity contribution is 9.10. The minimum Gasteiger partial charge on any atom is -0.488 e. The van der Waals surface area contributed by atoms with Crippen molar-refractivity contribution in [1.82, 2.24) is 0 Å². The molecule has 1 aliphatic heterocycles. The van der Waals surface area contributed by atoms with Crippen LogP contribution in [-0.2, 0) is 16.1 Å². The summed E-state index contributed by atoms with van der Waals surface area (Å²) in [5, 5.41) is 20.6. The number of halogens is 1. The molecule has 0 unspecified atom stereocenters. The molecule has 2 aromatic carbocycles. The van der Waals surface area contributed by atoms with Crippen LogP contribution in [0.5, 0.6) is 5.75 Å². The molecule has 0 bridgehead atoms. The Bertz CT molecular complexity index is 1290. The van der Waals surface area contributed by atoms with Crippen LogP contribution in [0.3, 0.4) is 0 Å². The third kappa shape index (κ3) is 4.54. The van der Waals surface area contributed by atoms with Gasteiger partial charge < -0.3 is 15.2 Å². The summed E-state index contributed by atoms with van der Waals surface area (Å²) in [5.41, 5.74) is 8.03. The van der Waals surface area contributed by atoms with Gasteiger partial charge in [-0.15, -0.1) is 0 Å². The Morgan fingerprint density at radius 1 is 1.26 bits per heavy atom. The molecule has 1 atom stereocenters. The summed E-state index contributed by atoms with van der Waals surface area (Å²) in [5.74, 6) is 0.433. The molecule has 2 aromatic rings. The number of rotatable bonds is 5. The van der Waals surface area contributed by atoms with Crippen molar-refractivity contribution >= 4 is 27.4 Å². The van der Waals surface area contributed by atoms with Crippen LogP contribution in [0.25, 0.3) is 0 Å². The summed E-state index contributed by atoms with van der Waals surface area (Å²) >= 11 is 3.52. The molecule has 0 saturated carbocycles. The van der Waals surface area contributed by atoms with Gasteiger partial charge >= 0.3 is 0 Å². The number of ether oxygens (including phenoxy) is 2. The van der Waals surface area contributed by atoms with Crippen LogP contribution in [-0.4, -0.2) is 10.7 Å². The first kappa shape index (κ1) is 23.5. The lowest BCUT2D eigenvalue weighted by atomic mass is 9.70. The summed E-state index contributed by atoms with van der Waals surface area (Å²) in [6.45, 7) is 4.22. The number of nitro groups is 1. The van der Waals surface area contributed by atoms with E-state index in [9.17, 15) is 20.2 Å². The molecule has 0 saturated heterocycles. The molecule has 4 rings (SSSR count). The molecule has 0 spiro atoms. The van der Waals surface area contributed by atoms with E-state index in [0.717, 1.165) is 11.1 Å². The maximum atomic E-state index is 13.1. The van der Waals surface area contributed by atoms with E-state index in [1.165, 1.54) is 12.1 Å². The Kier molecular flexibility index (Phi) is 6.19. The molecule has 34 heavy (non-hydrogen) atoms. The number of carbonyl (C=O) groups is 1. The van der Waals surface area contributed by atoms with Crippen molar-refractivity contribution in [2.24, 2.45) is 11.1 Å². The lowest BCUT2D eigenvalue weighted by Gasteiger charge is -2.37. The average molecular weight is 524 g/mol. The van der Waals surface area contributed by atoms with Crippen molar-refractivity contribution in [3.63, 3.8) is 0 Å². The highest BCUT2D eigenvalue weighted by Crippen LogP contribution is 2.48. The maximum absolute atomic E-state index is 13.1. The van der Waals surface area contributed by atoms with E-state index in [2.05, 4.69) is 22.0 Å². The molecule has 0 radical (unpaired) electrons. The van der Waals surface area contributed by atoms with Crippen LogP contribution in [0.1, 0.15) is 43.7 Å². The van der Waals surface area contributed by atoms with Gasteiger partial charge in [-0.1, -0.05) is 19.9 Å². The number of hydrogen-bond acceptors (Lipinski definition) is 7. The molecule has 0 fully saturated rings. The van der Waals surface area contributed by atoms with Crippen molar-refractivity contribution in [1.29, 1.82) is 5.26 Å². The van der Waals surface area contributed by atoms with E-state index in [1.807, 2.05) is 19.9 Å². The summed E-state index contributed by atoms with van der Waals surface area (Å²) in [6.07, 6.45) is 0.920. The SMILES string of the molecule is CC1(C)CC(=O)C2=C(C1)OC(N)=C(C#N)[C@@H]2c1ccc(OCc2ccc([N+](=O)[O-])cc2)c(Br)c1. The van der Waals surface area contributed by atoms with Crippen molar-refractivity contribution in [2.45, 2.75) is 39.2 Å². The summed E-state index contributed by atoms with van der Waals surface area (Å²) in [7, 11) is 0. The zero-order valence-corrected chi connectivity index (χ0v) is 20.2. The highest BCUT2D eigenvalue weighted by atomic mass is 79.9. The third-order valence-electron chi connectivity index (χ3n) is 5.91. The standard InChI is InChI=1S/C25H22BrN3O5/c1-25(2)10-19(30)23-21(11-25)34-24(28)17(12-27)22(23)15-5-8-20(18(26)9-15)33-13-14-3-6-16(7-4-14)29(31)32/h3-9,22H,10-11,13,28H2,1-2H3/t22-/m0/s1. The molecule has 174 valence electrons. The lowest BCUT2D eigenvalue weighted by molar-refractivity contribution is -0.384. The van der Waals surface area contributed by atoms with Gasteiger partial charge in [0.15, 0.2) is 5.78 Å². The molecule has 1 aliphatic carbocycles. The quantitative estimate of drug-likeness (QED) is 0.410. The van der Waals surface area contributed by atoms with Gasteiger partial charge in [-0.2, -0.15) is 5.26 Å². The van der Waals surface area contributed by atoms with Crippen LogP contribution >= 0.6 is 15.9 Å². The van der Waals surface area contributed by atoms with Crippen molar-refractivity contribution in [3.8, 4) is 11.8 Å². The number of allylic oxidation sites excluding steroid dienone is 3. The molecule has 0 amide bonds. The summed E-state index contributed by atoms with van der Waals surface area (Å²) < 4.78 is 12.2. The molecular formula is C25H22BrN3O5. The van der Waals surface area contributed by atoms with Gasteiger partial charge in [0.05, 0.1) is 15.3 Å². The molecule has 8 nitrogen and oxygen atoms in total. The zero-order chi connectivity index (χ0) is 24.6. The van der Waals surface area contributed by atoms with Gasteiger partial charge in [0.25, 0.3) is 5.69 Å². The number of nitro benzene ring substituents is 1. The maximum Gasteiger partial charge on any atom is 0.269 e. The Labute approximate surface area is 204 Å². The number of nitrogens with two attached hydrogens (primary N) is 1. The minimum atomic E-state index is -0.614. The van der Waals surface area contributed by atoms with E-state index in [4.69, 9.17) is 15.2 Å². The smallest absolute Gasteiger partial charge is 0.269 e. The fourth-order valence-corrected chi connectivity index (χ4v) is 4.82. The zero-order valence-electron chi connectivity index (χ0n) is 18.6. The highest BCUT2D eigenvalue weighted by Gasteiger charge is 2.43. The van der Waals surface area contributed by atoms with E-state index in [0.29, 0.717) is 34.4 Å². The fraction of sp³-hybridized carbons (Fsp3) is 0.280. The molecule has 2 aliphatic rings. The van der Waals surface area contributed by atoms with E-state index in [1.54, 1.807) is 24.3 Å². The van der Waals surface area contributed by atoms with Gasteiger partial charge in [0.2, 0.25) is 5.88 Å². The average Bonchev–Trinajstić information content (AvgIpc) is 2.76. The second-order valence-corrected chi connectivity index (χ2v) is 9.96. The monoisotopic (exact) mass is 523 g/mol. The fourth-order valence-electron chi connectivity index (χ4n) is 4.31. The van der Waals surface area contributed by atoms with Gasteiger partial charge in [-0.3, -0.25) is 14.9 Å². The number of nitrogens with zero attached hydrogens (tertiary/aromatic N) is 2. The summed E-state index contributed by atoms with van der Waals surface area (Å²) in [6, 6.07) is 13.6. The number of hydrogen-bond donors (Lipinski definition) is 1. The van der Waals surface area contributed by atoms with Crippen molar-refractivity contribution in [2.75, 3.05) is 0 Å². The Balaban J connectivity index is 1.62. The van der Waals surface area contributed by atoms with Crippen LogP contribution in [0.2, 0.25) is 0 Å². The third-order valence-corrected chi connectivity index (χ3v) is 6.53. The Hall–Kier alpha value is -3.64. The number of non-ortho nitro benzene ring substituents is 1. The molecule has 2 N–H and O–H groups in total. The van der Waals surface area contributed by atoms with Gasteiger partial charge in [0.1, 0.15) is 29.8 Å². The number of nitriles is 1. The predicted octanol–water partition coefficient (Wildman–Crippen LogP) is 5.39. The molecule has 9 heteroatoms. The van der Waals surface area contributed by atoms with E-state index >= 15 is 0 Å². The molecular weight excluding hydrogens is 502 g/mol. The second-order valence-electron chi connectivity index (χ2n) is 9.10. The Morgan fingerprint density at radius 2 is 1.97 bits per heavy atom. The van der Waals surface area contributed by atoms with Crippen LogP contribution in [0, 0.1) is 26.9 Å². The number of benzene rings is 2. The van der Waals surface area contributed by atoms with Gasteiger partial charge in [0, 0.05) is 30.5 Å². The minimum absolute atomic E-state index is 0.0145. The van der Waals surface area contributed by atoms with Crippen molar-refractivity contribution in [3.05, 3.63) is 91.0 Å². The largest absolute Gasteiger partial charge is 0.488 e. The van der Waals surface area contributed by atoms with Crippen molar-refractivity contribution < 1.29 is 19.2 Å². The van der Waals surface area contributed by atoms with Gasteiger partial charge in [-0.05, 0) is 56.7 Å². The topological polar surface area (TPSA) is 128 Å². The van der Waals surface area contributed by atoms with Crippen LogP contribution in [0.15, 0.2) is 69.7 Å².